The number of benzene rings is 2. The number of hydrogen-bond donors (Lipinski definition) is 2. The second-order valence-corrected chi connectivity index (χ2v) is 9.29. The van der Waals surface area contributed by atoms with Crippen LogP contribution in [-0.4, -0.2) is 70.7 Å². The number of ether oxygens (including phenoxy) is 1. The van der Waals surface area contributed by atoms with E-state index in [9.17, 15) is 14.4 Å². The van der Waals surface area contributed by atoms with Gasteiger partial charge in [0.05, 0.1) is 24.9 Å². The summed E-state index contributed by atoms with van der Waals surface area (Å²) in [5.41, 5.74) is 2.29. The first-order valence-electron chi connectivity index (χ1n) is 11.4. The molecule has 2 aliphatic heterocycles. The van der Waals surface area contributed by atoms with E-state index in [2.05, 4.69) is 32.5 Å². The Labute approximate surface area is 208 Å². The fourth-order valence-electron chi connectivity index (χ4n) is 4.62. The van der Waals surface area contributed by atoms with Crippen molar-refractivity contribution < 1.29 is 19.1 Å². The minimum atomic E-state index is -1.57. The van der Waals surface area contributed by atoms with Crippen molar-refractivity contribution in [3.8, 4) is 17.6 Å². The van der Waals surface area contributed by atoms with Crippen molar-refractivity contribution in [1.82, 2.24) is 30.2 Å². The van der Waals surface area contributed by atoms with Gasteiger partial charge in [0.2, 0.25) is 5.54 Å². The number of urea groups is 1. The number of fused-ring (bicyclic) bond motifs is 2. The van der Waals surface area contributed by atoms with E-state index in [1.165, 1.54) is 12.0 Å². The van der Waals surface area contributed by atoms with E-state index in [-0.39, 0.29) is 12.5 Å². The number of hydrogen-bond acceptors (Lipinski definition) is 6. The van der Waals surface area contributed by atoms with Gasteiger partial charge in [-0.1, -0.05) is 17.9 Å². The van der Waals surface area contributed by atoms with Crippen LogP contribution in [-0.2, 0) is 24.9 Å². The molecule has 2 aromatic carbocycles. The third kappa shape index (κ3) is 4.03. The van der Waals surface area contributed by atoms with Crippen LogP contribution >= 0.6 is 0 Å². The molecule has 184 valence electrons. The minimum absolute atomic E-state index is 0.0889. The maximum atomic E-state index is 13.1. The van der Waals surface area contributed by atoms with E-state index in [4.69, 9.17) is 4.74 Å². The van der Waals surface area contributed by atoms with Gasteiger partial charge in [0, 0.05) is 36.7 Å². The Bertz CT molecular complexity index is 1480. The van der Waals surface area contributed by atoms with Gasteiger partial charge in [0.15, 0.2) is 0 Å². The molecule has 4 amide bonds. The topological polar surface area (TPSA) is 109 Å². The van der Waals surface area contributed by atoms with Gasteiger partial charge in [-0.15, -0.1) is 0 Å². The summed E-state index contributed by atoms with van der Waals surface area (Å²) >= 11 is 0. The second-order valence-electron chi connectivity index (χ2n) is 9.29. The molecule has 0 spiro atoms. The first-order chi connectivity index (χ1) is 17.2. The highest BCUT2D eigenvalue weighted by atomic mass is 16.5. The van der Waals surface area contributed by atoms with Gasteiger partial charge in [0.25, 0.3) is 11.8 Å². The molecule has 3 heterocycles. The highest BCUT2D eigenvalue weighted by Crippen LogP contribution is 2.28. The van der Waals surface area contributed by atoms with Crippen LogP contribution in [0.25, 0.3) is 10.9 Å². The number of rotatable bonds is 5. The zero-order valence-electron chi connectivity index (χ0n) is 20.5. The summed E-state index contributed by atoms with van der Waals surface area (Å²) in [4.78, 5) is 41.6. The van der Waals surface area contributed by atoms with Crippen LogP contribution in [0.2, 0.25) is 0 Å². The molecule has 2 N–H and O–H groups in total. The Morgan fingerprint density at radius 2 is 1.97 bits per heavy atom. The first kappa shape index (κ1) is 23.4. The van der Waals surface area contributed by atoms with Crippen molar-refractivity contribution in [3.05, 3.63) is 58.8 Å². The Hall–Kier alpha value is -4.36. The zero-order chi connectivity index (χ0) is 25.6. The number of carbonyl (C=O) groups excluding carboxylic acids is 3. The molecule has 0 unspecified atom stereocenters. The van der Waals surface area contributed by atoms with Crippen LogP contribution in [0.5, 0.6) is 5.75 Å². The lowest BCUT2D eigenvalue weighted by atomic mass is 9.99. The monoisotopic (exact) mass is 486 g/mol. The maximum Gasteiger partial charge on any atom is 0.323 e. The summed E-state index contributed by atoms with van der Waals surface area (Å²) in [5, 5.41) is 10.5. The van der Waals surface area contributed by atoms with Gasteiger partial charge in [-0.2, -0.15) is 5.10 Å². The molecule has 1 saturated heterocycles. The molecule has 0 aliphatic carbocycles. The number of methoxy groups -OCH3 is 1. The van der Waals surface area contributed by atoms with Crippen molar-refractivity contribution in [2.45, 2.75) is 18.6 Å². The smallest absolute Gasteiger partial charge is 0.323 e. The summed E-state index contributed by atoms with van der Waals surface area (Å²) in [6, 6.07) is 10.4. The van der Waals surface area contributed by atoms with Gasteiger partial charge in [0.1, 0.15) is 5.75 Å². The molecule has 1 aromatic heterocycles. The normalized spacial score (nSPS) is 18.8. The number of imide groups is 1. The molecular weight excluding hydrogens is 460 g/mol. The van der Waals surface area contributed by atoms with E-state index < -0.39 is 17.5 Å². The molecule has 3 aromatic rings. The quantitative estimate of drug-likeness (QED) is 0.415. The molecule has 0 bridgehead atoms. The van der Waals surface area contributed by atoms with Crippen molar-refractivity contribution in [1.29, 1.82) is 0 Å². The van der Waals surface area contributed by atoms with Crippen molar-refractivity contribution in [2.24, 2.45) is 7.05 Å². The van der Waals surface area contributed by atoms with E-state index in [1.807, 2.05) is 45.4 Å². The molecule has 1 atom stereocenters. The second kappa shape index (κ2) is 8.70. The largest absolute Gasteiger partial charge is 0.497 e. The maximum absolute atomic E-state index is 13.1. The molecule has 10 nitrogen and oxygen atoms in total. The van der Waals surface area contributed by atoms with E-state index in [0.29, 0.717) is 30.0 Å². The average molecular weight is 487 g/mol. The fourth-order valence-corrected chi connectivity index (χ4v) is 4.62. The Morgan fingerprint density at radius 3 is 2.67 bits per heavy atom. The van der Waals surface area contributed by atoms with Gasteiger partial charge < -0.3 is 19.9 Å². The molecule has 2 aliphatic rings. The molecule has 36 heavy (non-hydrogen) atoms. The van der Waals surface area contributed by atoms with Crippen molar-refractivity contribution in [2.75, 3.05) is 27.7 Å². The highest BCUT2D eigenvalue weighted by molar-refractivity contribution is 6.10. The SMILES string of the molecule is COc1ccc2c(c1)C(=O)N(C[C@@]1(C#Cc3ccc4c(CN(C)C)nn(C)c4c3)NC(=O)NC1=O)C2. The average Bonchev–Trinajstić information content (AvgIpc) is 3.42. The minimum Gasteiger partial charge on any atom is -0.497 e. The number of amides is 4. The molecule has 10 heteroatoms. The number of nitrogens with zero attached hydrogens (tertiary/aromatic N) is 4. The standard InChI is InChI=1S/C26H26N6O4/c1-30(2)14-21-19-8-5-16(11-22(19)31(3)29-21)9-10-26(24(34)27-25(35)28-26)15-32-13-17-6-7-18(36-4)12-20(17)23(32)33/h5-8,11-12H,13-15H2,1-4H3,(H2,27,28,34,35)/t26-/m1/s1. The number of aromatic nitrogens is 2. The van der Waals surface area contributed by atoms with Crippen LogP contribution in [0.4, 0.5) is 4.79 Å². The Kier molecular flexibility index (Phi) is 5.65. The zero-order valence-corrected chi connectivity index (χ0v) is 20.5. The lowest BCUT2D eigenvalue weighted by molar-refractivity contribution is -0.122. The fraction of sp³-hybridized carbons (Fsp3) is 0.308. The predicted molar refractivity (Wildman–Crippen MR) is 132 cm³/mol. The molecule has 1 fully saturated rings. The van der Waals surface area contributed by atoms with Gasteiger partial charge in [-0.3, -0.25) is 19.6 Å². The van der Waals surface area contributed by atoms with Crippen LogP contribution in [0, 0.1) is 11.8 Å². The van der Waals surface area contributed by atoms with Crippen molar-refractivity contribution >= 4 is 28.7 Å². The molecular formula is C26H26N6O4. The van der Waals surface area contributed by atoms with Gasteiger partial charge in [-0.05, 0) is 50.0 Å². The lowest BCUT2D eigenvalue weighted by Gasteiger charge is -2.26. The van der Waals surface area contributed by atoms with E-state index in [1.54, 1.807) is 16.8 Å². The third-order valence-corrected chi connectivity index (χ3v) is 6.38. The summed E-state index contributed by atoms with van der Waals surface area (Å²) < 4.78 is 7.03. The van der Waals surface area contributed by atoms with Gasteiger partial charge in [-0.25, -0.2) is 4.79 Å². The van der Waals surface area contributed by atoms with Crippen LogP contribution in [0.3, 0.4) is 0 Å². The summed E-state index contributed by atoms with van der Waals surface area (Å²) in [7, 11) is 7.38. The Balaban J connectivity index is 1.46. The highest BCUT2D eigenvalue weighted by Gasteiger charge is 2.48. The summed E-state index contributed by atoms with van der Waals surface area (Å²) in [6.07, 6.45) is 0. The van der Waals surface area contributed by atoms with Crippen LogP contribution in [0.1, 0.15) is 27.2 Å². The van der Waals surface area contributed by atoms with Gasteiger partial charge >= 0.3 is 6.03 Å². The van der Waals surface area contributed by atoms with Crippen LogP contribution in [0.15, 0.2) is 36.4 Å². The number of carbonyl (C=O) groups is 3. The summed E-state index contributed by atoms with van der Waals surface area (Å²) in [5.74, 6) is 5.74. The molecule has 5 rings (SSSR count). The molecule has 0 radical (unpaired) electrons. The third-order valence-electron chi connectivity index (χ3n) is 6.38. The lowest BCUT2D eigenvalue weighted by Crippen LogP contribution is -2.54. The van der Waals surface area contributed by atoms with Crippen molar-refractivity contribution in [3.63, 3.8) is 0 Å². The summed E-state index contributed by atoms with van der Waals surface area (Å²) in [6.45, 7) is 0.921. The van der Waals surface area contributed by atoms with E-state index in [0.717, 1.165) is 22.2 Å². The Morgan fingerprint density at radius 1 is 1.17 bits per heavy atom. The van der Waals surface area contributed by atoms with Crippen LogP contribution < -0.4 is 15.4 Å². The number of aryl methyl sites for hydroxylation is 1. The van der Waals surface area contributed by atoms with E-state index >= 15 is 0 Å². The molecule has 0 saturated carbocycles. The number of nitrogens with one attached hydrogen (secondary N) is 2. The predicted octanol–water partition coefficient (Wildman–Crippen LogP) is 1.23. The first-order valence-corrected chi connectivity index (χ1v) is 11.4.